The van der Waals surface area contributed by atoms with Crippen molar-refractivity contribution in [2.24, 2.45) is 0 Å². The molecule has 0 radical (unpaired) electrons. The standard InChI is InChI=1S/C28H25N3O4S/c1-20-11-17-24(18-12-20)36(34,35)31-23-15-13-22(14-16-23)27(32)30-26-10-6-5-9-25(26)28(33)29-19-21-7-3-2-4-8-21/h2-18,31H,19H2,1H3,(H,29,33)(H,30,32). The molecule has 0 aromatic heterocycles. The summed E-state index contributed by atoms with van der Waals surface area (Å²) < 4.78 is 27.7. The minimum Gasteiger partial charge on any atom is -0.348 e. The zero-order chi connectivity index (χ0) is 25.5. The lowest BCUT2D eigenvalue weighted by Crippen LogP contribution is -2.24. The number of carbonyl (C=O) groups excluding carboxylic acids is 2. The Morgan fingerprint density at radius 2 is 1.36 bits per heavy atom. The number of nitrogens with one attached hydrogen (secondary N) is 3. The third kappa shape index (κ3) is 6.17. The molecule has 0 fully saturated rings. The van der Waals surface area contributed by atoms with E-state index in [2.05, 4.69) is 15.4 Å². The van der Waals surface area contributed by atoms with Crippen LogP contribution in [0.25, 0.3) is 0 Å². The van der Waals surface area contributed by atoms with E-state index in [1.807, 2.05) is 37.3 Å². The number of amides is 2. The molecule has 7 nitrogen and oxygen atoms in total. The van der Waals surface area contributed by atoms with E-state index in [-0.39, 0.29) is 10.8 Å². The minimum absolute atomic E-state index is 0.150. The molecular weight excluding hydrogens is 474 g/mol. The van der Waals surface area contributed by atoms with Crippen LogP contribution in [0.1, 0.15) is 31.8 Å². The van der Waals surface area contributed by atoms with Crippen LogP contribution in [0.15, 0.2) is 108 Å². The first-order chi connectivity index (χ1) is 17.3. The molecule has 0 aliphatic heterocycles. The summed E-state index contributed by atoms with van der Waals surface area (Å²) in [5, 5.41) is 5.63. The highest BCUT2D eigenvalue weighted by molar-refractivity contribution is 7.92. The normalized spacial score (nSPS) is 10.9. The van der Waals surface area contributed by atoms with Crippen molar-refractivity contribution in [3.05, 3.63) is 125 Å². The van der Waals surface area contributed by atoms with Gasteiger partial charge in [0, 0.05) is 17.8 Å². The van der Waals surface area contributed by atoms with Crippen molar-refractivity contribution in [3.63, 3.8) is 0 Å². The topological polar surface area (TPSA) is 104 Å². The third-order valence-corrected chi connectivity index (χ3v) is 6.84. The van der Waals surface area contributed by atoms with Crippen molar-refractivity contribution in [1.82, 2.24) is 5.32 Å². The van der Waals surface area contributed by atoms with E-state index < -0.39 is 15.9 Å². The Labute approximate surface area is 210 Å². The minimum atomic E-state index is -3.75. The molecule has 4 aromatic carbocycles. The molecular formula is C28H25N3O4S. The molecule has 0 aliphatic rings. The lowest BCUT2D eigenvalue weighted by Gasteiger charge is -2.12. The SMILES string of the molecule is Cc1ccc(S(=O)(=O)Nc2ccc(C(=O)Nc3ccccc3C(=O)NCc3ccccc3)cc2)cc1. The molecule has 0 bridgehead atoms. The van der Waals surface area contributed by atoms with Gasteiger partial charge in [0.25, 0.3) is 21.8 Å². The molecule has 8 heteroatoms. The fourth-order valence-corrected chi connectivity index (χ4v) is 4.54. The number of anilines is 2. The maximum absolute atomic E-state index is 12.8. The van der Waals surface area contributed by atoms with Crippen molar-refractivity contribution >= 4 is 33.2 Å². The van der Waals surface area contributed by atoms with Crippen molar-refractivity contribution in [3.8, 4) is 0 Å². The molecule has 4 aromatic rings. The molecule has 0 spiro atoms. The number of para-hydroxylation sites is 1. The maximum atomic E-state index is 12.8. The Kier molecular flexibility index (Phi) is 7.46. The summed E-state index contributed by atoms with van der Waals surface area (Å²) in [6.45, 7) is 2.24. The number of sulfonamides is 1. The molecule has 0 heterocycles. The van der Waals surface area contributed by atoms with Gasteiger partial charge in [0.2, 0.25) is 0 Å². The number of hydrogen-bond donors (Lipinski definition) is 3. The van der Waals surface area contributed by atoms with E-state index in [1.165, 1.54) is 36.4 Å². The van der Waals surface area contributed by atoms with Gasteiger partial charge in [0.05, 0.1) is 16.1 Å². The molecule has 4 rings (SSSR count). The molecule has 0 saturated heterocycles. The van der Waals surface area contributed by atoms with E-state index in [0.29, 0.717) is 29.0 Å². The van der Waals surface area contributed by atoms with Crippen molar-refractivity contribution in [2.75, 3.05) is 10.0 Å². The highest BCUT2D eigenvalue weighted by Crippen LogP contribution is 2.20. The van der Waals surface area contributed by atoms with Gasteiger partial charge < -0.3 is 10.6 Å². The average Bonchev–Trinajstić information content (AvgIpc) is 2.88. The summed E-state index contributed by atoms with van der Waals surface area (Å²) >= 11 is 0. The van der Waals surface area contributed by atoms with E-state index in [1.54, 1.807) is 36.4 Å². The Balaban J connectivity index is 1.42. The number of benzene rings is 4. The summed E-state index contributed by atoms with van der Waals surface area (Å²) in [6, 6.07) is 28.8. The van der Waals surface area contributed by atoms with Crippen molar-refractivity contribution in [2.45, 2.75) is 18.4 Å². The Morgan fingerprint density at radius 3 is 2.06 bits per heavy atom. The number of rotatable bonds is 8. The van der Waals surface area contributed by atoms with Gasteiger partial charge in [-0.25, -0.2) is 8.42 Å². The van der Waals surface area contributed by atoms with E-state index in [9.17, 15) is 18.0 Å². The Morgan fingerprint density at radius 1 is 0.722 bits per heavy atom. The van der Waals surface area contributed by atoms with Crippen molar-refractivity contribution < 1.29 is 18.0 Å². The van der Waals surface area contributed by atoms with E-state index in [4.69, 9.17) is 0 Å². The molecule has 36 heavy (non-hydrogen) atoms. The summed E-state index contributed by atoms with van der Waals surface area (Å²) in [5.74, 6) is -0.734. The smallest absolute Gasteiger partial charge is 0.261 e. The van der Waals surface area contributed by atoms with Gasteiger partial charge in [-0.3, -0.25) is 14.3 Å². The lowest BCUT2D eigenvalue weighted by atomic mass is 10.1. The zero-order valence-corrected chi connectivity index (χ0v) is 20.4. The maximum Gasteiger partial charge on any atom is 0.261 e. The van der Waals surface area contributed by atoms with Crippen LogP contribution in [0, 0.1) is 6.92 Å². The van der Waals surface area contributed by atoms with Crippen molar-refractivity contribution in [1.29, 1.82) is 0 Å². The lowest BCUT2D eigenvalue weighted by molar-refractivity contribution is 0.0951. The predicted octanol–water partition coefficient (Wildman–Crippen LogP) is 4.98. The third-order valence-electron chi connectivity index (χ3n) is 5.45. The second-order valence-electron chi connectivity index (χ2n) is 8.16. The highest BCUT2D eigenvalue weighted by atomic mass is 32.2. The second-order valence-corrected chi connectivity index (χ2v) is 9.85. The first-order valence-corrected chi connectivity index (χ1v) is 12.7. The fourth-order valence-electron chi connectivity index (χ4n) is 3.48. The Hall–Kier alpha value is -4.43. The molecule has 2 amide bonds. The quantitative estimate of drug-likeness (QED) is 0.318. The fraction of sp³-hybridized carbons (Fsp3) is 0.0714. The summed E-state index contributed by atoms with van der Waals surface area (Å²) in [5.41, 5.74) is 3.27. The first-order valence-electron chi connectivity index (χ1n) is 11.2. The second kappa shape index (κ2) is 10.9. The first kappa shape index (κ1) is 24.7. The van der Waals surface area contributed by atoms with Crippen LogP contribution in [0.5, 0.6) is 0 Å². The van der Waals surface area contributed by atoms with Crippen LogP contribution < -0.4 is 15.4 Å². The molecule has 0 saturated carbocycles. The monoisotopic (exact) mass is 499 g/mol. The van der Waals surface area contributed by atoms with Crippen LogP contribution in [0.2, 0.25) is 0 Å². The van der Waals surface area contributed by atoms with Gasteiger partial charge in [0.15, 0.2) is 0 Å². The largest absolute Gasteiger partial charge is 0.348 e. The van der Waals surface area contributed by atoms with Gasteiger partial charge in [-0.2, -0.15) is 0 Å². The molecule has 0 unspecified atom stereocenters. The van der Waals surface area contributed by atoms with Gasteiger partial charge in [-0.15, -0.1) is 0 Å². The number of hydrogen-bond acceptors (Lipinski definition) is 4. The van der Waals surface area contributed by atoms with Gasteiger partial charge in [-0.05, 0) is 61.0 Å². The molecule has 0 atom stereocenters. The summed E-state index contributed by atoms with van der Waals surface area (Å²) in [4.78, 5) is 25.7. The molecule has 182 valence electrons. The van der Waals surface area contributed by atoms with E-state index in [0.717, 1.165) is 11.1 Å². The number of aryl methyl sites for hydroxylation is 1. The van der Waals surface area contributed by atoms with Crippen LogP contribution in [-0.4, -0.2) is 20.2 Å². The van der Waals surface area contributed by atoms with Crippen LogP contribution >= 0.6 is 0 Å². The van der Waals surface area contributed by atoms with Crippen LogP contribution in [0.3, 0.4) is 0 Å². The Bertz CT molecular complexity index is 1470. The number of carbonyl (C=O) groups is 2. The molecule has 0 aliphatic carbocycles. The summed E-state index contributed by atoms with van der Waals surface area (Å²) in [7, 11) is -3.75. The average molecular weight is 500 g/mol. The predicted molar refractivity (Wildman–Crippen MR) is 140 cm³/mol. The van der Waals surface area contributed by atoms with Gasteiger partial charge in [-0.1, -0.05) is 60.2 Å². The van der Waals surface area contributed by atoms with Gasteiger partial charge >= 0.3 is 0 Å². The summed E-state index contributed by atoms with van der Waals surface area (Å²) in [6.07, 6.45) is 0. The van der Waals surface area contributed by atoms with Crippen LogP contribution in [0.4, 0.5) is 11.4 Å². The van der Waals surface area contributed by atoms with Crippen LogP contribution in [-0.2, 0) is 16.6 Å². The highest BCUT2D eigenvalue weighted by Gasteiger charge is 2.16. The molecule has 3 N–H and O–H groups in total. The van der Waals surface area contributed by atoms with E-state index >= 15 is 0 Å². The zero-order valence-electron chi connectivity index (χ0n) is 19.6. The van der Waals surface area contributed by atoms with Gasteiger partial charge in [0.1, 0.15) is 0 Å².